The molecule has 0 atom stereocenters. The first kappa shape index (κ1) is 28.5. The number of rotatable bonds is 8. The van der Waals surface area contributed by atoms with Crippen molar-refractivity contribution in [2.75, 3.05) is 32.7 Å². The molecule has 4 rings (SSSR count). The molecular weight excluding hydrogens is 540 g/mol. The van der Waals surface area contributed by atoms with E-state index in [1.807, 2.05) is 0 Å². The number of carbonyl (C=O) groups is 2. The number of hydrogen-bond acceptors (Lipinski definition) is 5. The minimum atomic E-state index is -4.61. The van der Waals surface area contributed by atoms with Gasteiger partial charge in [0.25, 0.3) is 5.91 Å². The van der Waals surface area contributed by atoms with E-state index in [0.717, 1.165) is 18.2 Å². The zero-order chi connectivity index (χ0) is 28.5. The average Bonchev–Trinajstić information content (AvgIpc) is 3.20. The van der Waals surface area contributed by atoms with E-state index in [-0.39, 0.29) is 66.7 Å². The summed E-state index contributed by atoms with van der Waals surface area (Å²) in [7, 11) is -3.84. The minimum absolute atomic E-state index is 0.0260. The van der Waals surface area contributed by atoms with E-state index >= 15 is 0 Å². The van der Waals surface area contributed by atoms with Crippen LogP contribution in [0.3, 0.4) is 0 Å². The van der Waals surface area contributed by atoms with Crippen LogP contribution in [0.5, 0.6) is 0 Å². The number of hydrogen-bond donors (Lipinski definition) is 1. The second kappa shape index (κ2) is 10.9. The number of nitrogens with two attached hydrogens (primary N) is 1. The molecule has 1 aliphatic heterocycles. The highest BCUT2D eigenvalue weighted by atomic mass is 32.2. The van der Waals surface area contributed by atoms with E-state index < -0.39 is 39.3 Å². The summed E-state index contributed by atoms with van der Waals surface area (Å²) in [5.41, 5.74) is 4.84. The molecule has 208 valence electrons. The molecule has 0 unspecified atom stereocenters. The van der Waals surface area contributed by atoms with E-state index in [9.17, 15) is 35.6 Å². The Labute approximate surface area is 222 Å². The molecule has 0 bridgehead atoms. The lowest BCUT2D eigenvalue weighted by Gasteiger charge is -2.33. The summed E-state index contributed by atoms with van der Waals surface area (Å²) in [6.45, 7) is 1.65. The van der Waals surface area contributed by atoms with Crippen LogP contribution in [-0.4, -0.2) is 66.6 Å². The Morgan fingerprint density at radius 3 is 2.18 bits per heavy atom. The highest BCUT2D eigenvalue weighted by molar-refractivity contribution is 7.89. The Morgan fingerprint density at radius 2 is 1.59 bits per heavy atom. The van der Waals surface area contributed by atoms with E-state index in [4.69, 9.17) is 5.73 Å². The summed E-state index contributed by atoms with van der Waals surface area (Å²) in [4.78, 5) is 27.0. The zero-order valence-electron chi connectivity index (χ0n) is 20.9. The smallest absolute Gasteiger partial charge is 0.366 e. The molecule has 1 aliphatic rings. The number of piperazine rings is 1. The predicted molar refractivity (Wildman–Crippen MR) is 134 cm³/mol. The van der Waals surface area contributed by atoms with Gasteiger partial charge in [0, 0.05) is 38.4 Å². The molecule has 3 aromatic rings. The highest BCUT2D eigenvalue weighted by Gasteiger charge is 2.34. The number of alkyl halides is 3. The fraction of sp³-hybridized carbons (Fsp3) is 0.308. The van der Waals surface area contributed by atoms with Gasteiger partial charge in [0.2, 0.25) is 10.0 Å². The molecule has 2 heterocycles. The summed E-state index contributed by atoms with van der Waals surface area (Å²) in [5.74, 6) is -1.83. The van der Waals surface area contributed by atoms with Crippen LogP contribution < -0.4 is 5.73 Å². The zero-order valence-corrected chi connectivity index (χ0v) is 21.7. The van der Waals surface area contributed by atoms with Crippen molar-refractivity contribution in [2.45, 2.75) is 24.5 Å². The number of ketones is 1. The van der Waals surface area contributed by atoms with Gasteiger partial charge in [-0.2, -0.15) is 17.5 Å². The summed E-state index contributed by atoms with van der Waals surface area (Å²) in [6, 6.07) is 10.8. The monoisotopic (exact) mass is 566 g/mol. The predicted octanol–water partition coefficient (Wildman–Crippen LogP) is 3.29. The number of primary amides is 1. The van der Waals surface area contributed by atoms with Crippen LogP contribution in [-0.2, 0) is 22.7 Å². The molecule has 0 spiro atoms. The summed E-state index contributed by atoms with van der Waals surface area (Å²) in [6.07, 6.45) is -4.61. The molecule has 1 saturated heterocycles. The van der Waals surface area contributed by atoms with Crippen LogP contribution in [0.25, 0.3) is 0 Å². The van der Waals surface area contributed by atoms with Gasteiger partial charge >= 0.3 is 6.18 Å². The maximum atomic E-state index is 13.6. The Hall–Kier alpha value is -3.55. The lowest BCUT2D eigenvalue weighted by Crippen LogP contribution is -2.49. The molecular formula is C26H26F4N4O4S. The van der Waals surface area contributed by atoms with Crippen LogP contribution in [0.1, 0.15) is 37.7 Å². The van der Waals surface area contributed by atoms with Crippen molar-refractivity contribution in [1.29, 1.82) is 0 Å². The molecule has 0 aliphatic carbocycles. The Kier molecular flexibility index (Phi) is 7.96. The molecule has 2 N–H and O–H groups in total. The van der Waals surface area contributed by atoms with Crippen molar-refractivity contribution in [3.63, 3.8) is 0 Å². The average molecular weight is 567 g/mol. The van der Waals surface area contributed by atoms with E-state index in [1.54, 1.807) is 4.90 Å². The number of sulfonamides is 1. The largest absolute Gasteiger partial charge is 0.416 e. The Balaban J connectivity index is 1.52. The van der Waals surface area contributed by atoms with Gasteiger partial charge in [-0.1, -0.05) is 18.2 Å². The topological polar surface area (TPSA) is 106 Å². The molecule has 1 amide bonds. The maximum absolute atomic E-state index is 13.6. The van der Waals surface area contributed by atoms with Crippen LogP contribution >= 0.6 is 0 Å². The van der Waals surface area contributed by atoms with Crippen molar-refractivity contribution in [3.8, 4) is 0 Å². The molecule has 0 saturated carbocycles. The SMILES string of the molecule is Cc1c(C(N)=O)cc(C(=O)CN2CCN(S(=O)(=O)c3ccc(F)cc3)CC2)n1Cc1ccccc1C(F)(F)F. The third kappa shape index (κ3) is 6.05. The number of amides is 1. The summed E-state index contributed by atoms with van der Waals surface area (Å²) in [5, 5.41) is 0. The third-order valence-electron chi connectivity index (χ3n) is 6.72. The van der Waals surface area contributed by atoms with E-state index in [1.165, 1.54) is 52.2 Å². The first-order valence-corrected chi connectivity index (χ1v) is 13.4. The number of carbonyl (C=O) groups excluding carboxylic acids is 2. The normalized spacial score (nSPS) is 15.4. The molecule has 13 heteroatoms. The van der Waals surface area contributed by atoms with Crippen LogP contribution in [0.4, 0.5) is 17.6 Å². The van der Waals surface area contributed by atoms with Gasteiger partial charge in [0.05, 0.1) is 28.3 Å². The third-order valence-corrected chi connectivity index (χ3v) is 8.63. The highest BCUT2D eigenvalue weighted by Crippen LogP contribution is 2.33. The maximum Gasteiger partial charge on any atom is 0.416 e. The van der Waals surface area contributed by atoms with Gasteiger partial charge in [-0.05, 0) is 48.9 Å². The quantitative estimate of drug-likeness (QED) is 0.333. The van der Waals surface area contributed by atoms with Gasteiger partial charge < -0.3 is 10.3 Å². The lowest BCUT2D eigenvalue weighted by atomic mass is 10.1. The van der Waals surface area contributed by atoms with Crippen molar-refractivity contribution >= 4 is 21.7 Å². The van der Waals surface area contributed by atoms with Gasteiger partial charge in [0.1, 0.15) is 5.82 Å². The molecule has 8 nitrogen and oxygen atoms in total. The summed E-state index contributed by atoms with van der Waals surface area (Å²) >= 11 is 0. The van der Waals surface area contributed by atoms with Crippen molar-refractivity contribution in [1.82, 2.24) is 13.8 Å². The standard InChI is InChI=1S/C26H26F4N4O4S/c1-17-21(25(31)36)14-23(34(17)15-18-4-2-3-5-22(18)26(28,29)30)24(35)16-32-10-12-33(13-11-32)39(37,38)20-8-6-19(27)7-9-20/h2-9,14H,10-13,15-16H2,1H3,(H2,31,36). The number of benzene rings is 2. The molecule has 39 heavy (non-hydrogen) atoms. The number of Topliss-reactive ketones (excluding diaryl/α,β-unsaturated/α-hetero) is 1. The van der Waals surface area contributed by atoms with Crippen LogP contribution in [0.15, 0.2) is 59.5 Å². The van der Waals surface area contributed by atoms with Crippen molar-refractivity contribution < 1.29 is 35.6 Å². The fourth-order valence-corrected chi connectivity index (χ4v) is 6.02. The first-order chi connectivity index (χ1) is 18.3. The van der Waals surface area contributed by atoms with Crippen molar-refractivity contribution in [3.05, 3.63) is 88.5 Å². The Bertz CT molecular complexity index is 1490. The van der Waals surface area contributed by atoms with Gasteiger partial charge in [-0.15, -0.1) is 0 Å². The van der Waals surface area contributed by atoms with Gasteiger partial charge in [-0.3, -0.25) is 14.5 Å². The molecule has 0 radical (unpaired) electrons. The molecule has 1 aromatic heterocycles. The Morgan fingerprint density at radius 1 is 0.974 bits per heavy atom. The van der Waals surface area contributed by atoms with Crippen LogP contribution in [0.2, 0.25) is 0 Å². The first-order valence-electron chi connectivity index (χ1n) is 12.0. The number of aromatic nitrogens is 1. The van der Waals surface area contributed by atoms with Crippen molar-refractivity contribution in [2.24, 2.45) is 5.73 Å². The van der Waals surface area contributed by atoms with Gasteiger partial charge in [-0.25, -0.2) is 12.8 Å². The van der Waals surface area contributed by atoms with Crippen LogP contribution in [0, 0.1) is 12.7 Å². The number of halogens is 4. The van der Waals surface area contributed by atoms with E-state index in [2.05, 4.69) is 0 Å². The summed E-state index contributed by atoms with van der Waals surface area (Å²) < 4.78 is 82.2. The second-order valence-electron chi connectivity index (χ2n) is 9.19. The fourth-order valence-electron chi connectivity index (χ4n) is 4.60. The van der Waals surface area contributed by atoms with E-state index in [0.29, 0.717) is 0 Å². The number of nitrogens with zero attached hydrogens (tertiary/aromatic N) is 3. The minimum Gasteiger partial charge on any atom is -0.366 e. The second-order valence-corrected chi connectivity index (χ2v) is 11.1. The molecule has 2 aromatic carbocycles. The molecule has 1 fully saturated rings. The van der Waals surface area contributed by atoms with Gasteiger partial charge in [0.15, 0.2) is 5.78 Å². The lowest BCUT2D eigenvalue weighted by molar-refractivity contribution is -0.138.